The molecule has 0 bridgehead atoms. The summed E-state index contributed by atoms with van der Waals surface area (Å²) >= 11 is 4.89. The number of halogens is 2. The van der Waals surface area contributed by atoms with E-state index in [1.54, 1.807) is 17.4 Å². The van der Waals surface area contributed by atoms with Crippen LogP contribution < -0.4 is 5.32 Å². The number of nitrogens with zero attached hydrogens (tertiary/aromatic N) is 2. The van der Waals surface area contributed by atoms with Gasteiger partial charge in [0.2, 0.25) is 0 Å². The molecular formula is C12H13BrFN3S. The van der Waals surface area contributed by atoms with Gasteiger partial charge in [-0.15, -0.1) is 10.2 Å². The Morgan fingerprint density at radius 1 is 1.39 bits per heavy atom. The van der Waals surface area contributed by atoms with Crippen LogP contribution in [0.25, 0.3) is 10.6 Å². The van der Waals surface area contributed by atoms with Crippen molar-refractivity contribution < 1.29 is 4.39 Å². The molecule has 96 valence electrons. The highest BCUT2D eigenvalue weighted by molar-refractivity contribution is 9.10. The van der Waals surface area contributed by atoms with Crippen LogP contribution in [0.15, 0.2) is 22.7 Å². The molecule has 0 aliphatic rings. The summed E-state index contributed by atoms with van der Waals surface area (Å²) in [6.45, 7) is 3.92. The summed E-state index contributed by atoms with van der Waals surface area (Å²) in [6.07, 6.45) is 0.865. The lowest BCUT2D eigenvalue weighted by molar-refractivity contribution is 0.627. The summed E-state index contributed by atoms with van der Waals surface area (Å²) in [5, 5.41) is 13.3. The van der Waals surface area contributed by atoms with E-state index in [4.69, 9.17) is 0 Å². The van der Waals surface area contributed by atoms with E-state index in [1.165, 1.54) is 12.1 Å². The van der Waals surface area contributed by atoms with Crippen LogP contribution in [0, 0.1) is 5.82 Å². The van der Waals surface area contributed by atoms with Crippen molar-refractivity contribution in [2.45, 2.75) is 13.3 Å². The third kappa shape index (κ3) is 3.34. The number of benzene rings is 1. The van der Waals surface area contributed by atoms with Crippen molar-refractivity contribution in [3.05, 3.63) is 33.5 Å². The molecule has 1 aromatic heterocycles. The van der Waals surface area contributed by atoms with Gasteiger partial charge in [-0.25, -0.2) is 4.39 Å². The number of likely N-dealkylation sites (N-methyl/N-ethyl adjacent to an activating group) is 1. The highest BCUT2D eigenvalue weighted by atomic mass is 79.9. The zero-order chi connectivity index (χ0) is 13.0. The normalized spacial score (nSPS) is 10.8. The van der Waals surface area contributed by atoms with Crippen LogP contribution in [0.5, 0.6) is 0 Å². The molecule has 6 heteroatoms. The number of nitrogens with one attached hydrogen (secondary N) is 1. The molecule has 0 unspecified atom stereocenters. The van der Waals surface area contributed by atoms with E-state index in [0.717, 1.165) is 35.1 Å². The molecule has 0 aliphatic carbocycles. The Balaban J connectivity index is 2.13. The largest absolute Gasteiger partial charge is 0.317 e. The van der Waals surface area contributed by atoms with Crippen molar-refractivity contribution in [2.75, 3.05) is 13.1 Å². The highest BCUT2D eigenvalue weighted by Gasteiger charge is 2.10. The minimum Gasteiger partial charge on any atom is -0.317 e. The first kappa shape index (κ1) is 13.6. The van der Waals surface area contributed by atoms with E-state index in [0.29, 0.717) is 4.47 Å². The zero-order valence-corrected chi connectivity index (χ0v) is 12.3. The second-order valence-electron chi connectivity index (χ2n) is 3.73. The molecule has 0 aliphatic heterocycles. The van der Waals surface area contributed by atoms with Crippen LogP contribution in [0.1, 0.15) is 11.9 Å². The molecule has 0 amide bonds. The SMILES string of the molecule is CCNCCc1nnc(-c2ccc(F)cc2Br)s1. The smallest absolute Gasteiger partial charge is 0.148 e. The Hall–Kier alpha value is -0.850. The Bertz CT molecular complexity index is 530. The van der Waals surface area contributed by atoms with E-state index in [-0.39, 0.29) is 5.82 Å². The Morgan fingerprint density at radius 3 is 2.94 bits per heavy atom. The van der Waals surface area contributed by atoms with Gasteiger partial charge in [0, 0.05) is 23.0 Å². The van der Waals surface area contributed by atoms with Crippen molar-refractivity contribution in [2.24, 2.45) is 0 Å². The van der Waals surface area contributed by atoms with E-state index < -0.39 is 0 Å². The Kier molecular flexibility index (Phi) is 4.79. The lowest BCUT2D eigenvalue weighted by atomic mass is 10.2. The van der Waals surface area contributed by atoms with Gasteiger partial charge in [0.05, 0.1) is 0 Å². The molecule has 1 N–H and O–H groups in total. The predicted octanol–water partition coefficient (Wildman–Crippen LogP) is 3.26. The van der Waals surface area contributed by atoms with Crippen LogP contribution in [0.3, 0.4) is 0 Å². The molecule has 1 aromatic carbocycles. The van der Waals surface area contributed by atoms with Gasteiger partial charge in [-0.3, -0.25) is 0 Å². The lowest BCUT2D eigenvalue weighted by Gasteiger charge is -1.99. The van der Waals surface area contributed by atoms with Crippen LogP contribution in [-0.4, -0.2) is 23.3 Å². The van der Waals surface area contributed by atoms with Crippen molar-refractivity contribution in [1.29, 1.82) is 0 Å². The number of rotatable bonds is 5. The molecule has 0 radical (unpaired) electrons. The van der Waals surface area contributed by atoms with Crippen LogP contribution in [0.4, 0.5) is 4.39 Å². The second-order valence-corrected chi connectivity index (χ2v) is 5.65. The number of hydrogen-bond donors (Lipinski definition) is 1. The fraction of sp³-hybridized carbons (Fsp3) is 0.333. The van der Waals surface area contributed by atoms with Gasteiger partial charge in [-0.1, -0.05) is 18.3 Å². The van der Waals surface area contributed by atoms with Crippen LogP contribution in [-0.2, 0) is 6.42 Å². The van der Waals surface area contributed by atoms with Gasteiger partial charge in [0.1, 0.15) is 15.8 Å². The molecule has 0 spiro atoms. The maximum absolute atomic E-state index is 13.0. The van der Waals surface area contributed by atoms with Crippen molar-refractivity contribution in [3.8, 4) is 10.6 Å². The third-order valence-electron chi connectivity index (χ3n) is 2.39. The van der Waals surface area contributed by atoms with Gasteiger partial charge in [-0.05, 0) is 40.7 Å². The van der Waals surface area contributed by atoms with Crippen molar-refractivity contribution >= 4 is 27.3 Å². The van der Waals surface area contributed by atoms with Gasteiger partial charge < -0.3 is 5.32 Å². The summed E-state index contributed by atoms with van der Waals surface area (Å²) in [5.41, 5.74) is 0.878. The maximum Gasteiger partial charge on any atom is 0.148 e. The van der Waals surface area contributed by atoms with Gasteiger partial charge in [0.25, 0.3) is 0 Å². The summed E-state index contributed by atoms with van der Waals surface area (Å²) in [5.74, 6) is -0.262. The first-order valence-electron chi connectivity index (χ1n) is 5.69. The zero-order valence-electron chi connectivity index (χ0n) is 9.91. The standard InChI is InChI=1S/C12H13BrFN3S/c1-2-15-6-5-11-16-17-12(18-11)9-4-3-8(14)7-10(9)13/h3-4,7,15H,2,5-6H2,1H3. The molecular weight excluding hydrogens is 317 g/mol. The average molecular weight is 330 g/mol. The first-order chi connectivity index (χ1) is 8.70. The molecule has 0 saturated heterocycles. The lowest BCUT2D eigenvalue weighted by Crippen LogP contribution is -2.15. The van der Waals surface area contributed by atoms with E-state index in [1.807, 2.05) is 0 Å². The van der Waals surface area contributed by atoms with Crippen molar-refractivity contribution in [1.82, 2.24) is 15.5 Å². The first-order valence-corrected chi connectivity index (χ1v) is 7.30. The highest BCUT2D eigenvalue weighted by Crippen LogP contribution is 2.30. The summed E-state index contributed by atoms with van der Waals surface area (Å²) in [4.78, 5) is 0. The second kappa shape index (κ2) is 6.36. The van der Waals surface area contributed by atoms with E-state index in [2.05, 4.69) is 38.4 Å². The van der Waals surface area contributed by atoms with E-state index >= 15 is 0 Å². The molecule has 18 heavy (non-hydrogen) atoms. The quantitative estimate of drug-likeness (QED) is 0.855. The summed E-state index contributed by atoms with van der Waals surface area (Å²) in [6, 6.07) is 4.59. The summed E-state index contributed by atoms with van der Waals surface area (Å²) in [7, 11) is 0. The minimum atomic E-state index is -0.262. The third-order valence-corrected chi connectivity index (χ3v) is 4.07. The Morgan fingerprint density at radius 2 is 2.22 bits per heavy atom. The number of hydrogen-bond acceptors (Lipinski definition) is 4. The van der Waals surface area contributed by atoms with Gasteiger partial charge in [0.15, 0.2) is 0 Å². The summed E-state index contributed by atoms with van der Waals surface area (Å²) < 4.78 is 13.7. The fourth-order valence-corrected chi connectivity index (χ4v) is 3.05. The fourth-order valence-electron chi connectivity index (χ4n) is 1.50. The Labute approximate surface area is 118 Å². The maximum atomic E-state index is 13.0. The molecule has 1 heterocycles. The molecule has 2 rings (SSSR count). The van der Waals surface area contributed by atoms with Gasteiger partial charge >= 0.3 is 0 Å². The minimum absolute atomic E-state index is 0.262. The van der Waals surface area contributed by atoms with Crippen LogP contribution in [0.2, 0.25) is 0 Å². The molecule has 3 nitrogen and oxygen atoms in total. The molecule has 0 atom stereocenters. The van der Waals surface area contributed by atoms with Crippen molar-refractivity contribution in [3.63, 3.8) is 0 Å². The average Bonchev–Trinajstić information content (AvgIpc) is 2.78. The van der Waals surface area contributed by atoms with Crippen LogP contribution >= 0.6 is 27.3 Å². The monoisotopic (exact) mass is 329 g/mol. The van der Waals surface area contributed by atoms with E-state index in [9.17, 15) is 4.39 Å². The molecule has 2 aromatic rings. The molecule has 0 saturated carbocycles. The molecule has 0 fully saturated rings. The topological polar surface area (TPSA) is 37.8 Å². The number of aromatic nitrogens is 2. The van der Waals surface area contributed by atoms with Gasteiger partial charge in [-0.2, -0.15) is 0 Å². The predicted molar refractivity (Wildman–Crippen MR) is 75.3 cm³/mol.